The van der Waals surface area contributed by atoms with E-state index in [9.17, 15) is 37.1 Å². The van der Waals surface area contributed by atoms with Gasteiger partial charge in [-0.15, -0.1) is 0 Å². The van der Waals surface area contributed by atoms with Crippen LogP contribution in [0.1, 0.15) is 89.2 Å². The van der Waals surface area contributed by atoms with E-state index in [1.54, 1.807) is 50.1 Å². The van der Waals surface area contributed by atoms with Gasteiger partial charge in [-0.25, -0.2) is 9.97 Å². The van der Waals surface area contributed by atoms with E-state index >= 15 is 0 Å². The molecule has 0 radical (unpaired) electrons. The first-order chi connectivity index (χ1) is 28.5. The zero-order chi connectivity index (χ0) is 43.1. The van der Waals surface area contributed by atoms with Crippen molar-refractivity contribution in [3.8, 4) is 11.5 Å². The maximum atomic E-state index is 13.5. The number of nitrogens with one attached hydrogen (secondary N) is 3. The first-order valence-electron chi connectivity index (χ1n) is 19.5. The molecule has 316 valence electrons. The summed E-state index contributed by atoms with van der Waals surface area (Å²) in [5.41, 5.74) is 6.28. The molecule has 0 bridgehead atoms. The van der Waals surface area contributed by atoms with Gasteiger partial charge < -0.3 is 30.7 Å². The fraction of sp³-hybridized carbons (Fsp3) is 0.405. The number of nitrogens with zero attached hydrogens (tertiary/aromatic N) is 4. The number of hydrogen-bond donors (Lipinski definition) is 4. The monoisotopic (exact) mass is 830 g/mol. The summed E-state index contributed by atoms with van der Waals surface area (Å²) >= 11 is 0. The summed E-state index contributed by atoms with van der Waals surface area (Å²) in [4.78, 5) is 75.6. The van der Waals surface area contributed by atoms with Crippen molar-refractivity contribution in [2.75, 3.05) is 50.2 Å². The van der Waals surface area contributed by atoms with Gasteiger partial charge in [-0.3, -0.25) is 34.2 Å². The third-order valence-electron chi connectivity index (χ3n) is 11.1. The molecule has 1 aliphatic carbocycles. The number of alkyl halides is 3. The molecule has 2 fully saturated rings. The Balaban J connectivity index is 0.955. The molecule has 5 amide bonds. The second-order valence-corrected chi connectivity index (χ2v) is 15.6. The lowest BCUT2D eigenvalue weighted by Gasteiger charge is -2.27. The maximum absolute atomic E-state index is 13.5. The highest BCUT2D eigenvalue weighted by Crippen LogP contribution is 2.47. The Morgan fingerprint density at radius 3 is 2.55 bits per heavy atom. The van der Waals surface area contributed by atoms with E-state index in [-0.39, 0.29) is 54.0 Å². The maximum Gasteiger partial charge on any atom is 0.416 e. The average molecular weight is 831 g/mol. The van der Waals surface area contributed by atoms with E-state index in [0.29, 0.717) is 64.8 Å². The lowest BCUT2D eigenvalue weighted by Crippen LogP contribution is -2.54. The number of fused-ring (bicyclic) bond motifs is 2. The molecule has 2 atom stereocenters. The van der Waals surface area contributed by atoms with Crippen LogP contribution in [0.3, 0.4) is 0 Å². The molecule has 15 nitrogen and oxygen atoms in total. The number of aromatic nitrogens is 2. The summed E-state index contributed by atoms with van der Waals surface area (Å²) in [6, 6.07) is 10.0. The molecule has 3 aromatic carbocycles. The van der Waals surface area contributed by atoms with Crippen molar-refractivity contribution in [1.29, 1.82) is 0 Å². The predicted octanol–water partition coefficient (Wildman–Crippen LogP) is 5.63. The number of aryl methyl sites for hydroxylation is 1. The normalized spacial score (nSPS) is 17.6. The number of carbonyl (C=O) groups is 5. The van der Waals surface area contributed by atoms with Crippen LogP contribution in [0, 0.1) is 12.3 Å². The van der Waals surface area contributed by atoms with E-state index in [4.69, 9.17) is 15.2 Å². The zero-order valence-corrected chi connectivity index (χ0v) is 33.5. The van der Waals surface area contributed by atoms with Gasteiger partial charge in [-0.1, -0.05) is 6.07 Å². The van der Waals surface area contributed by atoms with Gasteiger partial charge in [-0.05, 0) is 81.5 Å². The SMILES string of the molecule is COc1cc2nc(C)nc(N[C@H](C)c3cc(N)cc(C(F)(F)F)c3)c2cc1OCC1(CN(C)C(=O)CCCNc2cccc3c2C(=O)N(C2CCC(=O)NC2=O)C3=O)CC1. The van der Waals surface area contributed by atoms with E-state index in [1.807, 2.05) is 0 Å². The molecule has 5 N–H and O–H groups in total. The molecular weight excluding hydrogens is 786 g/mol. The molecule has 1 aromatic heterocycles. The minimum atomic E-state index is -4.56. The summed E-state index contributed by atoms with van der Waals surface area (Å²) in [5.74, 6) is -0.762. The Labute approximate surface area is 343 Å². The summed E-state index contributed by atoms with van der Waals surface area (Å²) in [6.07, 6.45) is -2.18. The minimum Gasteiger partial charge on any atom is -0.493 e. The summed E-state index contributed by atoms with van der Waals surface area (Å²) in [6.45, 7) is 4.48. The standard InChI is InChI=1S/C42H45F3N8O7/c1-22(24-15-25(42(43,44)45)17-26(46)16-24)48-37-28-18-33(32(59-4)19-30(28)49-23(2)50-37)60-21-41(12-13-41)20-52(3)35(55)9-6-14-47-29-8-5-7-27-36(29)40(58)53(39(27)57)31-10-11-34(54)51-38(31)56/h5,7-8,15-19,22,31,47H,6,9-14,20-21,46H2,1-4H3,(H,48,49,50)(H,51,54,56)/t22-,31?/m1/s1. The van der Waals surface area contributed by atoms with Crippen LogP contribution >= 0.6 is 0 Å². The molecular formula is C42H45F3N8O7. The topological polar surface area (TPSA) is 198 Å². The van der Waals surface area contributed by atoms with Gasteiger partial charge in [0.15, 0.2) is 11.5 Å². The van der Waals surface area contributed by atoms with Gasteiger partial charge in [0, 0.05) is 61.2 Å². The lowest BCUT2D eigenvalue weighted by atomic mass is 10.0. The van der Waals surface area contributed by atoms with Crippen molar-refractivity contribution >= 4 is 57.6 Å². The summed E-state index contributed by atoms with van der Waals surface area (Å²) in [5, 5.41) is 9.16. The van der Waals surface area contributed by atoms with Crippen LogP contribution in [-0.4, -0.2) is 89.2 Å². The van der Waals surface area contributed by atoms with Gasteiger partial charge in [0.25, 0.3) is 11.8 Å². The fourth-order valence-electron chi connectivity index (χ4n) is 7.68. The molecule has 2 aliphatic heterocycles. The Hall–Kier alpha value is -6.46. The number of amides is 5. The van der Waals surface area contributed by atoms with E-state index in [0.717, 1.165) is 29.9 Å². The molecule has 4 aromatic rings. The third-order valence-corrected chi connectivity index (χ3v) is 11.1. The van der Waals surface area contributed by atoms with E-state index in [2.05, 4.69) is 25.9 Å². The highest BCUT2D eigenvalue weighted by molar-refractivity contribution is 6.25. The Morgan fingerprint density at radius 1 is 1.08 bits per heavy atom. The van der Waals surface area contributed by atoms with Crippen LogP contribution in [0.4, 0.5) is 30.4 Å². The number of ether oxygens (including phenoxy) is 2. The molecule has 1 unspecified atom stereocenters. The van der Waals surface area contributed by atoms with Gasteiger partial charge in [0.05, 0.1) is 42.0 Å². The molecule has 18 heteroatoms. The molecule has 3 aliphatic rings. The van der Waals surface area contributed by atoms with Crippen LogP contribution in [0.5, 0.6) is 11.5 Å². The number of nitrogens with two attached hydrogens (primary N) is 1. The first kappa shape index (κ1) is 41.7. The third kappa shape index (κ3) is 8.63. The fourth-order valence-corrected chi connectivity index (χ4v) is 7.68. The van der Waals surface area contributed by atoms with Crippen molar-refractivity contribution in [2.24, 2.45) is 5.41 Å². The highest BCUT2D eigenvalue weighted by atomic mass is 19.4. The van der Waals surface area contributed by atoms with Gasteiger partial charge in [0.1, 0.15) is 17.7 Å². The van der Waals surface area contributed by atoms with E-state index in [1.165, 1.54) is 19.2 Å². The molecule has 0 spiro atoms. The number of halogens is 3. The van der Waals surface area contributed by atoms with Crippen LogP contribution in [-0.2, 0) is 20.6 Å². The van der Waals surface area contributed by atoms with Crippen molar-refractivity contribution in [3.63, 3.8) is 0 Å². The van der Waals surface area contributed by atoms with Crippen molar-refractivity contribution in [1.82, 2.24) is 25.1 Å². The second-order valence-electron chi connectivity index (χ2n) is 15.6. The largest absolute Gasteiger partial charge is 0.493 e. The van der Waals surface area contributed by atoms with Crippen LogP contribution < -0.4 is 31.2 Å². The highest BCUT2D eigenvalue weighted by Gasteiger charge is 2.46. The number of methoxy groups -OCH3 is 1. The van der Waals surface area contributed by atoms with Crippen LogP contribution in [0.25, 0.3) is 10.9 Å². The van der Waals surface area contributed by atoms with Crippen LogP contribution in [0.15, 0.2) is 48.5 Å². The van der Waals surface area contributed by atoms with Crippen molar-refractivity contribution in [3.05, 3.63) is 76.6 Å². The van der Waals surface area contributed by atoms with Crippen molar-refractivity contribution < 1.29 is 46.6 Å². The second kappa shape index (κ2) is 16.3. The molecule has 1 saturated heterocycles. The minimum absolute atomic E-state index is 0.0111. The Morgan fingerprint density at radius 2 is 1.85 bits per heavy atom. The number of piperidine rings is 1. The number of nitrogen functional groups attached to an aromatic ring is 1. The number of anilines is 3. The smallest absolute Gasteiger partial charge is 0.416 e. The lowest BCUT2D eigenvalue weighted by molar-refractivity contribution is -0.138. The molecule has 3 heterocycles. The van der Waals surface area contributed by atoms with Crippen LogP contribution in [0.2, 0.25) is 0 Å². The average Bonchev–Trinajstić information content (AvgIpc) is 3.91. The Kier molecular flexibility index (Phi) is 11.3. The predicted molar refractivity (Wildman–Crippen MR) is 214 cm³/mol. The summed E-state index contributed by atoms with van der Waals surface area (Å²) < 4.78 is 52.6. The quantitative estimate of drug-likeness (QED) is 0.0656. The number of carbonyl (C=O) groups excluding carboxylic acids is 5. The first-order valence-corrected chi connectivity index (χ1v) is 19.5. The van der Waals surface area contributed by atoms with E-state index < -0.39 is 47.5 Å². The van der Waals surface area contributed by atoms with Gasteiger partial charge in [-0.2, -0.15) is 13.2 Å². The number of benzene rings is 3. The van der Waals surface area contributed by atoms with Gasteiger partial charge in [0.2, 0.25) is 17.7 Å². The molecule has 7 rings (SSSR count). The number of imide groups is 2. The molecule has 60 heavy (non-hydrogen) atoms. The number of hydrogen-bond acceptors (Lipinski definition) is 12. The molecule has 1 saturated carbocycles. The Bertz CT molecular complexity index is 2400. The van der Waals surface area contributed by atoms with Crippen molar-refractivity contribution in [2.45, 2.75) is 70.6 Å². The zero-order valence-electron chi connectivity index (χ0n) is 33.5. The summed E-state index contributed by atoms with van der Waals surface area (Å²) in [7, 11) is 3.25. The van der Waals surface area contributed by atoms with Gasteiger partial charge >= 0.3 is 6.18 Å². The number of rotatable bonds is 15.